The SMILES string of the molecule is CCC1CCC(NS(=O)(=O)c2cccc(Br)c2)CC1. The molecule has 1 aliphatic rings. The van der Waals surface area contributed by atoms with Gasteiger partial charge in [0, 0.05) is 10.5 Å². The Kier molecular flexibility index (Phi) is 5.03. The Morgan fingerprint density at radius 3 is 2.53 bits per heavy atom. The van der Waals surface area contributed by atoms with Crippen molar-refractivity contribution >= 4 is 26.0 Å². The summed E-state index contributed by atoms with van der Waals surface area (Å²) in [6, 6.07) is 6.93. The average molecular weight is 346 g/mol. The van der Waals surface area contributed by atoms with Gasteiger partial charge in [-0.25, -0.2) is 13.1 Å². The van der Waals surface area contributed by atoms with Crippen LogP contribution in [0.3, 0.4) is 0 Å². The Hall–Kier alpha value is -0.390. The Balaban J connectivity index is 2.02. The molecule has 0 atom stereocenters. The van der Waals surface area contributed by atoms with Gasteiger partial charge in [-0.2, -0.15) is 0 Å². The lowest BCUT2D eigenvalue weighted by Gasteiger charge is -2.28. The molecule has 1 saturated carbocycles. The number of nitrogens with one attached hydrogen (secondary N) is 1. The normalized spacial score (nSPS) is 24.3. The maximum absolute atomic E-state index is 12.3. The van der Waals surface area contributed by atoms with Crippen molar-refractivity contribution in [1.82, 2.24) is 4.72 Å². The van der Waals surface area contributed by atoms with E-state index in [9.17, 15) is 8.42 Å². The second-order valence-electron chi connectivity index (χ2n) is 5.20. The summed E-state index contributed by atoms with van der Waals surface area (Å²) in [5.74, 6) is 0.770. The summed E-state index contributed by atoms with van der Waals surface area (Å²) in [5.41, 5.74) is 0. The maximum Gasteiger partial charge on any atom is 0.240 e. The first kappa shape index (κ1) is 15.0. The third kappa shape index (κ3) is 4.04. The van der Waals surface area contributed by atoms with E-state index >= 15 is 0 Å². The number of hydrogen-bond donors (Lipinski definition) is 1. The van der Waals surface area contributed by atoms with E-state index in [1.54, 1.807) is 18.2 Å². The van der Waals surface area contributed by atoms with Crippen molar-refractivity contribution in [3.63, 3.8) is 0 Å². The lowest BCUT2D eigenvalue weighted by molar-refractivity contribution is 0.306. The highest BCUT2D eigenvalue weighted by atomic mass is 79.9. The van der Waals surface area contributed by atoms with Crippen molar-refractivity contribution in [3.8, 4) is 0 Å². The molecule has 0 unspecified atom stereocenters. The molecule has 1 N–H and O–H groups in total. The highest BCUT2D eigenvalue weighted by Gasteiger charge is 2.24. The molecular formula is C14H20BrNO2S. The fraction of sp³-hybridized carbons (Fsp3) is 0.571. The molecule has 1 aliphatic carbocycles. The third-order valence-electron chi connectivity index (χ3n) is 3.85. The van der Waals surface area contributed by atoms with Crippen LogP contribution in [0, 0.1) is 5.92 Å². The van der Waals surface area contributed by atoms with Crippen molar-refractivity contribution in [2.75, 3.05) is 0 Å². The molecule has 1 fully saturated rings. The van der Waals surface area contributed by atoms with E-state index in [0.29, 0.717) is 4.90 Å². The Bertz CT molecular complexity index is 522. The molecule has 0 saturated heterocycles. The molecule has 2 rings (SSSR count). The van der Waals surface area contributed by atoms with Crippen LogP contribution in [0.2, 0.25) is 0 Å². The highest BCUT2D eigenvalue weighted by Crippen LogP contribution is 2.27. The minimum absolute atomic E-state index is 0.0896. The zero-order valence-corrected chi connectivity index (χ0v) is 13.5. The van der Waals surface area contributed by atoms with E-state index in [1.807, 2.05) is 6.07 Å². The Labute approximate surface area is 124 Å². The molecule has 0 radical (unpaired) electrons. The molecular weight excluding hydrogens is 326 g/mol. The van der Waals surface area contributed by atoms with Gasteiger partial charge in [-0.05, 0) is 49.8 Å². The third-order valence-corrected chi connectivity index (χ3v) is 5.86. The fourth-order valence-corrected chi connectivity index (χ4v) is 4.51. The molecule has 0 amide bonds. The number of halogens is 1. The lowest BCUT2D eigenvalue weighted by atomic mass is 9.85. The first-order chi connectivity index (χ1) is 9.01. The van der Waals surface area contributed by atoms with E-state index in [-0.39, 0.29) is 6.04 Å². The summed E-state index contributed by atoms with van der Waals surface area (Å²) in [7, 11) is -3.39. The average Bonchev–Trinajstić information content (AvgIpc) is 2.39. The van der Waals surface area contributed by atoms with Crippen molar-refractivity contribution in [2.24, 2.45) is 5.92 Å². The maximum atomic E-state index is 12.3. The first-order valence-corrected chi connectivity index (χ1v) is 9.07. The van der Waals surface area contributed by atoms with Crippen LogP contribution in [0.5, 0.6) is 0 Å². The van der Waals surface area contributed by atoms with Gasteiger partial charge in [0.15, 0.2) is 0 Å². The summed E-state index contributed by atoms with van der Waals surface area (Å²) in [5, 5.41) is 0. The minimum atomic E-state index is -3.39. The summed E-state index contributed by atoms with van der Waals surface area (Å²) in [6.45, 7) is 2.21. The van der Waals surface area contributed by atoms with Crippen molar-refractivity contribution in [3.05, 3.63) is 28.7 Å². The van der Waals surface area contributed by atoms with Crippen molar-refractivity contribution in [1.29, 1.82) is 0 Å². The van der Waals surface area contributed by atoms with Gasteiger partial charge in [0.25, 0.3) is 0 Å². The van der Waals surface area contributed by atoms with Crippen molar-refractivity contribution in [2.45, 2.75) is 50.0 Å². The summed E-state index contributed by atoms with van der Waals surface area (Å²) in [6.07, 6.45) is 5.35. The summed E-state index contributed by atoms with van der Waals surface area (Å²) >= 11 is 3.30. The second kappa shape index (κ2) is 6.37. The van der Waals surface area contributed by atoms with Gasteiger partial charge in [0.2, 0.25) is 10.0 Å². The van der Waals surface area contributed by atoms with Gasteiger partial charge >= 0.3 is 0 Å². The smallest absolute Gasteiger partial charge is 0.208 e. The van der Waals surface area contributed by atoms with E-state index in [2.05, 4.69) is 27.6 Å². The zero-order chi connectivity index (χ0) is 13.9. The van der Waals surface area contributed by atoms with E-state index in [0.717, 1.165) is 36.1 Å². The Morgan fingerprint density at radius 2 is 1.95 bits per heavy atom. The molecule has 0 aromatic heterocycles. The van der Waals surface area contributed by atoms with Gasteiger partial charge in [-0.1, -0.05) is 35.3 Å². The van der Waals surface area contributed by atoms with Crippen LogP contribution in [-0.4, -0.2) is 14.5 Å². The van der Waals surface area contributed by atoms with Crippen LogP contribution in [-0.2, 0) is 10.0 Å². The predicted octanol–water partition coefficient (Wildman–Crippen LogP) is 3.70. The monoisotopic (exact) mass is 345 g/mol. The number of benzene rings is 1. The largest absolute Gasteiger partial charge is 0.240 e. The van der Waals surface area contributed by atoms with Gasteiger partial charge in [0.05, 0.1) is 4.90 Å². The van der Waals surface area contributed by atoms with E-state index in [4.69, 9.17) is 0 Å². The highest BCUT2D eigenvalue weighted by molar-refractivity contribution is 9.10. The van der Waals surface area contributed by atoms with Crippen molar-refractivity contribution < 1.29 is 8.42 Å². The van der Waals surface area contributed by atoms with Gasteiger partial charge in [-0.15, -0.1) is 0 Å². The predicted molar refractivity (Wildman–Crippen MR) is 80.5 cm³/mol. The van der Waals surface area contributed by atoms with Crippen LogP contribution < -0.4 is 4.72 Å². The summed E-state index contributed by atoms with van der Waals surface area (Å²) < 4.78 is 28.2. The van der Waals surface area contributed by atoms with Crippen LogP contribution in [0.25, 0.3) is 0 Å². The van der Waals surface area contributed by atoms with Crippen LogP contribution >= 0.6 is 15.9 Å². The molecule has 1 aromatic carbocycles. The zero-order valence-electron chi connectivity index (χ0n) is 11.1. The van der Waals surface area contributed by atoms with Gasteiger partial charge in [0.1, 0.15) is 0 Å². The van der Waals surface area contributed by atoms with Gasteiger partial charge in [-0.3, -0.25) is 0 Å². The standard InChI is InChI=1S/C14H20BrNO2S/c1-2-11-6-8-13(9-7-11)16-19(17,18)14-5-3-4-12(15)10-14/h3-5,10-11,13,16H,2,6-9H2,1H3. The van der Waals surface area contributed by atoms with E-state index < -0.39 is 10.0 Å². The Morgan fingerprint density at radius 1 is 1.26 bits per heavy atom. The molecule has 0 aliphatic heterocycles. The van der Waals surface area contributed by atoms with Crippen LogP contribution in [0.15, 0.2) is 33.6 Å². The lowest BCUT2D eigenvalue weighted by Crippen LogP contribution is -2.37. The molecule has 0 bridgehead atoms. The molecule has 3 nitrogen and oxygen atoms in total. The number of sulfonamides is 1. The molecule has 0 heterocycles. The molecule has 5 heteroatoms. The summed E-state index contributed by atoms with van der Waals surface area (Å²) in [4.78, 5) is 0.333. The van der Waals surface area contributed by atoms with Gasteiger partial charge < -0.3 is 0 Å². The fourth-order valence-electron chi connectivity index (χ4n) is 2.61. The topological polar surface area (TPSA) is 46.2 Å². The molecule has 106 valence electrons. The van der Waals surface area contributed by atoms with E-state index in [1.165, 1.54) is 6.42 Å². The quantitative estimate of drug-likeness (QED) is 0.904. The van der Waals surface area contributed by atoms with Crippen LogP contribution in [0.4, 0.5) is 0 Å². The second-order valence-corrected chi connectivity index (χ2v) is 7.83. The number of rotatable bonds is 4. The number of hydrogen-bond acceptors (Lipinski definition) is 2. The minimum Gasteiger partial charge on any atom is -0.208 e. The molecule has 19 heavy (non-hydrogen) atoms. The molecule has 0 spiro atoms. The first-order valence-electron chi connectivity index (χ1n) is 6.79. The molecule has 1 aromatic rings. The van der Waals surface area contributed by atoms with Crippen LogP contribution in [0.1, 0.15) is 39.0 Å².